The topological polar surface area (TPSA) is 131 Å². The summed E-state index contributed by atoms with van der Waals surface area (Å²) >= 11 is 0. The lowest BCUT2D eigenvalue weighted by Gasteiger charge is -2.36. The highest BCUT2D eigenvalue weighted by Gasteiger charge is 2.40. The smallest absolute Gasteiger partial charge is 0.250 e. The molecule has 2 aromatic rings. The molecule has 0 heterocycles. The van der Waals surface area contributed by atoms with Gasteiger partial charge in [-0.15, -0.1) is 0 Å². The first-order valence-corrected chi connectivity index (χ1v) is 18.5. The van der Waals surface area contributed by atoms with Crippen LogP contribution in [0, 0.1) is 16.2 Å². The minimum Gasteiger partial charge on any atom is -0.543 e. The van der Waals surface area contributed by atoms with Crippen LogP contribution >= 0.6 is 0 Å². The number of rotatable bonds is 9. The normalized spacial score (nSPS) is 12.7. The number of anilines is 3. The second-order valence-corrected chi connectivity index (χ2v) is 21.1. The second-order valence-electron chi connectivity index (χ2n) is 16.4. The lowest BCUT2D eigenvalue weighted by molar-refractivity contribution is -0.124. The zero-order chi connectivity index (χ0) is 35.6. The molecule has 3 N–H and O–H groups in total. The third-order valence-corrected chi connectivity index (χ3v) is 12.3. The molecule has 2 aromatic carbocycles. The van der Waals surface area contributed by atoms with Gasteiger partial charge in [0.15, 0.2) is 11.6 Å². The van der Waals surface area contributed by atoms with Crippen LogP contribution in [0.25, 0.3) is 0 Å². The zero-order valence-corrected chi connectivity index (χ0v) is 31.1. The fraction of sp³-hybridized carbons (Fsp3) is 0.528. The van der Waals surface area contributed by atoms with E-state index in [4.69, 9.17) is 4.43 Å². The van der Waals surface area contributed by atoms with E-state index in [1.54, 1.807) is 86.6 Å². The average Bonchev–Trinajstić information content (AvgIpc) is 2.87. The molecule has 2 rings (SSSR count). The maximum Gasteiger partial charge on any atom is 0.250 e. The molecule has 0 atom stereocenters. The number of hydrogen-bond acceptors (Lipinski definition) is 6. The van der Waals surface area contributed by atoms with E-state index < -0.39 is 54.4 Å². The highest BCUT2D eigenvalue weighted by Crippen LogP contribution is 2.40. The van der Waals surface area contributed by atoms with Crippen LogP contribution in [0.1, 0.15) is 110 Å². The van der Waals surface area contributed by atoms with E-state index in [2.05, 4.69) is 49.8 Å². The monoisotopic (exact) mass is 651 g/mol. The van der Waals surface area contributed by atoms with Gasteiger partial charge in [0.1, 0.15) is 5.75 Å². The van der Waals surface area contributed by atoms with E-state index in [9.17, 15) is 24.0 Å². The second kappa shape index (κ2) is 13.5. The Labute approximate surface area is 275 Å². The highest BCUT2D eigenvalue weighted by atomic mass is 28.4. The zero-order valence-electron chi connectivity index (χ0n) is 30.1. The number of carbonyl (C=O) groups excluding carboxylic acids is 5. The summed E-state index contributed by atoms with van der Waals surface area (Å²) in [6.07, 6.45) is -0.517. The summed E-state index contributed by atoms with van der Waals surface area (Å²) in [6, 6.07) is 9.84. The summed E-state index contributed by atoms with van der Waals surface area (Å²) in [5.74, 6) is -1.76. The Hall–Kier alpha value is -3.79. The number of nitrogens with one attached hydrogen (secondary N) is 3. The van der Waals surface area contributed by atoms with Gasteiger partial charge in [-0.3, -0.25) is 24.0 Å². The van der Waals surface area contributed by atoms with Gasteiger partial charge in [0.05, 0.1) is 29.0 Å². The molecule has 0 aliphatic rings. The maximum absolute atomic E-state index is 14.0. The Morgan fingerprint density at radius 3 is 1.50 bits per heavy atom. The van der Waals surface area contributed by atoms with Crippen LogP contribution in [0.5, 0.6) is 5.75 Å². The van der Waals surface area contributed by atoms with E-state index in [0.717, 1.165) is 0 Å². The van der Waals surface area contributed by atoms with Gasteiger partial charge in [0.2, 0.25) is 17.7 Å². The third kappa shape index (κ3) is 9.61. The fourth-order valence-corrected chi connectivity index (χ4v) is 4.69. The molecule has 3 amide bonds. The van der Waals surface area contributed by atoms with Crippen molar-refractivity contribution in [3.05, 3.63) is 47.5 Å². The lowest BCUT2D eigenvalue weighted by atomic mass is 9.92. The van der Waals surface area contributed by atoms with E-state index in [1.165, 1.54) is 12.1 Å². The van der Waals surface area contributed by atoms with Crippen molar-refractivity contribution in [3.63, 3.8) is 0 Å². The van der Waals surface area contributed by atoms with Crippen molar-refractivity contribution in [3.8, 4) is 5.75 Å². The molecule has 0 radical (unpaired) electrons. The summed E-state index contributed by atoms with van der Waals surface area (Å²) in [4.78, 5) is 67.3. The molecule has 0 spiro atoms. The van der Waals surface area contributed by atoms with Gasteiger partial charge in [0.25, 0.3) is 8.32 Å². The minimum absolute atomic E-state index is 0.00726. The Morgan fingerprint density at radius 1 is 0.587 bits per heavy atom. The van der Waals surface area contributed by atoms with Gasteiger partial charge >= 0.3 is 0 Å². The molecular formula is C36H53N3O6Si. The number of amides is 3. The molecule has 0 unspecified atom stereocenters. The molecule has 0 aliphatic heterocycles. The Bertz CT molecular complexity index is 1520. The molecule has 0 saturated carbocycles. The van der Waals surface area contributed by atoms with Gasteiger partial charge < -0.3 is 20.4 Å². The molecule has 9 nitrogen and oxygen atoms in total. The minimum atomic E-state index is -2.30. The molecule has 0 bridgehead atoms. The van der Waals surface area contributed by atoms with E-state index >= 15 is 0 Å². The van der Waals surface area contributed by atoms with Crippen molar-refractivity contribution in [2.45, 2.75) is 108 Å². The SMILES string of the molecule is CC(C)(C)C(=O)Nc1ccc(C(=O)CC(=O)c2ccccc2O[Si](C)(C)C(C)(C)C)c(NC(=O)C(C)(C)C)c1NC(=O)C(C)(C)C. The average molecular weight is 652 g/mol. The molecule has 0 fully saturated rings. The van der Waals surface area contributed by atoms with Crippen molar-refractivity contribution >= 4 is 54.7 Å². The van der Waals surface area contributed by atoms with Crippen molar-refractivity contribution < 1.29 is 28.4 Å². The van der Waals surface area contributed by atoms with Crippen LogP contribution in [0.4, 0.5) is 17.1 Å². The van der Waals surface area contributed by atoms with E-state index in [-0.39, 0.29) is 39.1 Å². The van der Waals surface area contributed by atoms with Crippen molar-refractivity contribution in [1.82, 2.24) is 0 Å². The molecule has 0 saturated heterocycles. The molecule has 252 valence electrons. The summed E-state index contributed by atoms with van der Waals surface area (Å²) in [5.41, 5.74) is -1.91. The number of ketones is 2. The molecule has 10 heteroatoms. The first kappa shape index (κ1) is 38.4. The van der Waals surface area contributed by atoms with Gasteiger partial charge in [-0.1, -0.05) is 95.2 Å². The molecular weight excluding hydrogens is 598 g/mol. The number of benzene rings is 2. The first-order chi connectivity index (χ1) is 20.7. The van der Waals surface area contributed by atoms with Crippen LogP contribution < -0.4 is 20.4 Å². The van der Waals surface area contributed by atoms with Gasteiger partial charge in [-0.05, 0) is 42.4 Å². The molecule has 0 aromatic heterocycles. The summed E-state index contributed by atoms with van der Waals surface area (Å²) in [7, 11) is -2.30. The van der Waals surface area contributed by atoms with Crippen molar-refractivity contribution in [1.29, 1.82) is 0 Å². The third-order valence-electron chi connectivity index (χ3n) is 7.95. The Morgan fingerprint density at radius 2 is 1.02 bits per heavy atom. The standard InChI is InChI=1S/C36H53N3O6Si/c1-33(2,3)30(42)37-24-20-19-23(28(38-31(43)34(4,5)6)29(24)39-32(44)35(7,8)9)26(41)21-25(40)22-17-15-16-18-27(22)45-46(13,14)36(10,11)12/h15-20H,21H2,1-14H3,(H,37,42)(H,38,43)(H,39,44). The number of para-hydroxylation sites is 1. The quantitative estimate of drug-likeness (QED) is 0.142. The fourth-order valence-electron chi connectivity index (χ4n) is 3.66. The lowest BCUT2D eigenvalue weighted by Crippen LogP contribution is -2.44. The Balaban J connectivity index is 2.71. The number of Topliss-reactive ketones (excluding diaryl/α,β-unsaturated/α-hetero) is 2. The van der Waals surface area contributed by atoms with E-state index in [1.807, 2.05) is 0 Å². The number of carbonyl (C=O) groups is 5. The van der Waals surface area contributed by atoms with Gasteiger partial charge in [-0.25, -0.2) is 0 Å². The van der Waals surface area contributed by atoms with Crippen LogP contribution in [-0.2, 0) is 14.4 Å². The predicted molar refractivity (Wildman–Crippen MR) is 188 cm³/mol. The summed E-state index contributed by atoms with van der Waals surface area (Å²) in [5, 5.41) is 8.39. The molecule has 0 aliphatic carbocycles. The van der Waals surface area contributed by atoms with Crippen LogP contribution in [-0.4, -0.2) is 37.6 Å². The van der Waals surface area contributed by atoms with Crippen LogP contribution in [0.2, 0.25) is 18.1 Å². The maximum atomic E-state index is 14.0. The van der Waals surface area contributed by atoms with Crippen LogP contribution in [0.15, 0.2) is 36.4 Å². The first-order valence-electron chi connectivity index (χ1n) is 15.6. The summed E-state index contributed by atoms with van der Waals surface area (Å²) in [6.45, 7) is 26.0. The van der Waals surface area contributed by atoms with Gasteiger partial charge in [0, 0.05) is 21.8 Å². The molecule has 46 heavy (non-hydrogen) atoms. The van der Waals surface area contributed by atoms with E-state index in [0.29, 0.717) is 5.75 Å². The largest absolute Gasteiger partial charge is 0.543 e. The highest BCUT2D eigenvalue weighted by molar-refractivity contribution is 6.74. The Kier molecular flexibility index (Phi) is 11.3. The summed E-state index contributed by atoms with van der Waals surface area (Å²) < 4.78 is 6.46. The van der Waals surface area contributed by atoms with Crippen molar-refractivity contribution in [2.24, 2.45) is 16.2 Å². The van der Waals surface area contributed by atoms with Gasteiger partial charge in [-0.2, -0.15) is 0 Å². The predicted octanol–water partition coefficient (Wildman–Crippen LogP) is 8.48. The van der Waals surface area contributed by atoms with Crippen molar-refractivity contribution in [2.75, 3.05) is 16.0 Å². The number of hydrogen-bond donors (Lipinski definition) is 3. The van der Waals surface area contributed by atoms with Crippen LogP contribution in [0.3, 0.4) is 0 Å².